The molecule has 0 saturated carbocycles. The molecule has 0 aliphatic carbocycles. The molecule has 1 atom stereocenters. The van der Waals surface area contributed by atoms with Crippen LogP contribution < -0.4 is 0 Å². The van der Waals surface area contributed by atoms with Gasteiger partial charge in [-0.1, -0.05) is 6.58 Å². The highest BCUT2D eigenvalue weighted by Gasteiger charge is 2.29. The van der Waals surface area contributed by atoms with Crippen molar-refractivity contribution in [3.63, 3.8) is 0 Å². The number of hydrogen-bond acceptors (Lipinski definition) is 6. The van der Waals surface area contributed by atoms with Gasteiger partial charge in [-0.05, 0) is 45.4 Å². The highest BCUT2D eigenvalue weighted by atomic mass is 16.5. The van der Waals surface area contributed by atoms with E-state index in [1.54, 1.807) is 6.92 Å². The van der Waals surface area contributed by atoms with Gasteiger partial charge in [0.1, 0.15) is 0 Å². The van der Waals surface area contributed by atoms with Crippen molar-refractivity contribution in [1.82, 2.24) is 0 Å². The van der Waals surface area contributed by atoms with Gasteiger partial charge in [-0.15, -0.1) is 0 Å². The third-order valence-electron chi connectivity index (χ3n) is 3.66. The Hall–Kier alpha value is -1.85. The van der Waals surface area contributed by atoms with E-state index >= 15 is 0 Å². The molecule has 0 amide bonds. The summed E-state index contributed by atoms with van der Waals surface area (Å²) in [5, 5.41) is 0. The molecule has 0 bridgehead atoms. The molecule has 2 heterocycles. The standard InChI is InChI=1S/C11H16O4.C6H10O2/c1-3-14-10(12)8(2)9-6-4-5-7-15-11(9)13;7-6-4-2-1-3-5-8-6/h9H,2-7H2,1H3;1-5H2. The van der Waals surface area contributed by atoms with Crippen molar-refractivity contribution >= 4 is 17.9 Å². The molecule has 0 radical (unpaired) electrons. The minimum absolute atomic E-state index is 0.0255. The van der Waals surface area contributed by atoms with Gasteiger partial charge in [0.15, 0.2) is 0 Å². The molecule has 2 fully saturated rings. The van der Waals surface area contributed by atoms with Gasteiger partial charge in [0.05, 0.1) is 25.7 Å². The number of cyclic esters (lactones) is 2. The lowest BCUT2D eigenvalue weighted by molar-refractivity contribution is -0.149. The molecule has 2 aliphatic rings. The van der Waals surface area contributed by atoms with Crippen LogP contribution in [0.3, 0.4) is 0 Å². The number of ether oxygens (including phenoxy) is 3. The van der Waals surface area contributed by atoms with Crippen LogP contribution in [0.15, 0.2) is 12.2 Å². The van der Waals surface area contributed by atoms with E-state index in [1.807, 2.05) is 0 Å². The predicted molar refractivity (Wildman–Crippen MR) is 83.5 cm³/mol. The maximum absolute atomic E-state index is 11.5. The van der Waals surface area contributed by atoms with Crippen molar-refractivity contribution in [2.24, 2.45) is 5.92 Å². The second-order valence-corrected chi connectivity index (χ2v) is 5.49. The number of carbonyl (C=O) groups is 3. The second kappa shape index (κ2) is 10.8. The molecule has 6 nitrogen and oxygen atoms in total. The van der Waals surface area contributed by atoms with E-state index in [1.165, 1.54) is 0 Å². The second-order valence-electron chi connectivity index (χ2n) is 5.49. The zero-order chi connectivity index (χ0) is 17.1. The normalized spacial score (nSPS) is 21.5. The Labute approximate surface area is 137 Å². The lowest BCUT2D eigenvalue weighted by atomic mass is 9.95. The van der Waals surface area contributed by atoms with E-state index in [9.17, 15) is 14.4 Å². The molecule has 23 heavy (non-hydrogen) atoms. The minimum atomic E-state index is -0.522. The van der Waals surface area contributed by atoms with Crippen LogP contribution >= 0.6 is 0 Å². The quantitative estimate of drug-likeness (QED) is 0.450. The summed E-state index contributed by atoms with van der Waals surface area (Å²) < 4.78 is 14.5. The van der Waals surface area contributed by atoms with Gasteiger partial charge in [-0.2, -0.15) is 0 Å². The molecule has 0 spiro atoms. The van der Waals surface area contributed by atoms with Crippen LogP contribution in [-0.2, 0) is 28.6 Å². The monoisotopic (exact) mass is 326 g/mol. The van der Waals surface area contributed by atoms with Crippen LogP contribution in [0.5, 0.6) is 0 Å². The Morgan fingerprint density at radius 1 is 1.13 bits per heavy atom. The maximum atomic E-state index is 11.5. The summed E-state index contributed by atoms with van der Waals surface area (Å²) in [5.74, 6) is -1.40. The SMILES string of the molecule is C=C(C(=O)OCC)C1CCCCOC1=O.O=C1CCCCCO1. The number of carbonyl (C=O) groups excluding carboxylic acids is 3. The molecule has 2 aliphatic heterocycles. The molecule has 0 aromatic heterocycles. The molecular weight excluding hydrogens is 300 g/mol. The largest absolute Gasteiger partial charge is 0.466 e. The Morgan fingerprint density at radius 3 is 2.57 bits per heavy atom. The first-order valence-electron chi connectivity index (χ1n) is 8.24. The third kappa shape index (κ3) is 7.30. The third-order valence-corrected chi connectivity index (χ3v) is 3.66. The topological polar surface area (TPSA) is 78.9 Å². The van der Waals surface area contributed by atoms with Gasteiger partial charge in [0.25, 0.3) is 0 Å². The first-order chi connectivity index (χ1) is 11.1. The van der Waals surface area contributed by atoms with E-state index < -0.39 is 11.9 Å². The fourth-order valence-corrected chi connectivity index (χ4v) is 2.33. The zero-order valence-corrected chi connectivity index (χ0v) is 13.8. The van der Waals surface area contributed by atoms with Crippen LogP contribution in [0.4, 0.5) is 0 Å². The molecule has 0 aromatic rings. The van der Waals surface area contributed by atoms with Gasteiger partial charge in [-0.25, -0.2) is 4.79 Å². The number of rotatable bonds is 3. The van der Waals surface area contributed by atoms with Crippen LogP contribution in [0, 0.1) is 5.92 Å². The maximum Gasteiger partial charge on any atom is 0.334 e. The summed E-state index contributed by atoms with van der Waals surface area (Å²) in [6.07, 6.45) is 6.17. The number of hydrogen-bond donors (Lipinski definition) is 0. The van der Waals surface area contributed by atoms with Crippen molar-refractivity contribution < 1.29 is 28.6 Å². The average molecular weight is 326 g/mol. The van der Waals surface area contributed by atoms with E-state index in [0.717, 1.165) is 32.1 Å². The van der Waals surface area contributed by atoms with Gasteiger partial charge in [-0.3, -0.25) is 9.59 Å². The molecular formula is C17H26O6. The van der Waals surface area contributed by atoms with E-state index in [-0.39, 0.29) is 17.5 Å². The first kappa shape index (κ1) is 19.2. The van der Waals surface area contributed by atoms with Crippen LogP contribution in [0.1, 0.15) is 51.9 Å². The predicted octanol–water partition coefficient (Wildman–Crippen LogP) is 2.55. The van der Waals surface area contributed by atoms with Crippen LogP contribution in [-0.4, -0.2) is 37.7 Å². The van der Waals surface area contributed by atoms with E-state index in [4.69, 9.17) is 14.2 Å². The van der Waals surface area contributed by atoms with E-state index in [2.05, 4.69) is 6.58 Å². The first-order valence-corrected chi connectivity index (χ1v) is 8.24. The van der Waals surface area contributed by atoms with Gasteiger partial charge in [0.2, 0.25) is 0 Å². The van der Waals surface area contributed by atoms with Crippen molar-refractivity contribution in [2.75, 3.05) is 19.8 Å². The zero-order valence-electron chi connectivity index (χ0n) is 13.8. The molecule has 0 N–H and O–H groups in total. The fourth-order valence-electron chi connectivity index (χ4n) is 2.33. The highest BCUT2D eigenvalue weighted by Crippen LogP contribution is 2.22. The van der Waals surface area contributed by atoms with Crippen molar-refractivity contribution in [2.45, 2.75) is 51.9 Å². The summed E-state index contributed by atoms with van der Waals surface area (Å²) in [6, 6.07) is 0. The van der Waals surface area contributed by atoms with Crippen molar-refractivity contribution in [3.8, 4) is 0 Å². The van der Waals surface area contributed by atoms with Crippen molar-refractivity contribution in [1.29, 1.82) is 0 Å². The van der Waals surface area contributed by atoms with E-state index in [0.29, 0.717) is 32.7 Å². The Morgan fingerprint density at radius 2 is 1.83 bits per heavy atom. The average Bonchev–Trinajstić information content (AvgIpc) is 2.89. The molecule has 130 valence electrons. The van der Waals surface area contributed by atoms with Crippen molar-refractivity contribution in [3.05, 3.63) is 12.2 Å². The minimum Gasteiger partial charge on any atom is -0.466 e. The molecule has 6 heteroatoms. The lowest BCUT2D eigenvalue weighted by Crippen LogP contribution is -2.23. The van der Waals surface area contributed by atoms with Crippen LogP contribution in [0.2, 0.25) is 0 Å². The Bertz CT molecular complexity index is 419. The lowest BCUT2D eigenvalue weighted by Gasteiger charge is -2.13. The van der Waals surface area contributed by atoms with Gasteiger partial charge >= 0.3 is 17.9 Å². The Balaban J connectivity index is 0.000000277. The summed E-state index contributed by atoms with van der Waals surface area (Å²) >= 11 is 0. The molecule has 1 unspecified atom stereocenters. The highest BCUT2D eigenvalue weighted by molar-refractivity contribution is 5.95. The smallest absolute Gasteiger partial charge is 0.334 e. The summed E-state index contributed by atoms with van der Waals surface area (Å²) in [4.78, 5) is 33.3. The molecule has 0 aromatic carbocycles. The number of esters is 3. The Kier molecular flexibility index (Phi) is 9.02. The summed E-state index contributed by atoms with van der Waals surface area (Å²) in [6.45, 7) is 6.70. The summed E-state index contributed by atoms with van der Waals surface area (Å²) in [7, 11) is 0. The van der Waals surface area contributed by atoms with Crippen LogP contribution in [0.25, 0.3) is 0 Å². The van der Waals surface area contributed by atoms with Gasteiger partial charge in [0, 0.05) is 12.0 Å². The van der Waals surface area contributed by atoms with Gasteiger partial charge < -0.3 is 14.2 Å². The fraction of sp³-hybridized carbons (Fsp3) is 0.706. The summed E-state index contributed by atoms with van der Waals surface area (Å²) in [5.41, 5.74) is 0.212. The molecule has 2 saturated heterocycles. The molecule has 2 rings (SSSR count).